The van der Waals surface area contributed by atoms with Crippen LogP contribution in [0.15, 0.2) is 53.4 Å². The van der Waals surface area contributed by atoms with Crippen LogP contribution in [0, 0.1) is 5.82 Å². The lowest BCUT2D eigenvalue weighted by Crippen LogP contribution is -2.07. The summed E-state index contributed by atoms with van der Waals surface area (Å²) in [6.07, 6.45) is 0.156. The molecule has 0 unspecified atom stereocenters. The second-order valence-electron chi connectivity index (χ2n) is 5.32. The first-order valence-electron chi connectivity index (χ1n) is 7.04. The second-order valence-corrected chi connectivity index (χ2v) is 6.37. The highest BCUT2D eigenvalue weighted by Crippen LogP contribution is 2.22. The van der Waals surface area contributed by atoms with Crippen LogP contribution in [0.25, 0.3) is 0 Å². The maximum atomic E-state index is 13.5. The Bertz CT molecular complexity index is 605. The molecule has 0 atom stereocenters. The lowest BCUT2D eigenvalue weighted by molar-refractivity contribution is -0.116. The van der Waals surface area contributed by atoms with E-state index in [2.05, 4.69) is 26.0 Å². The monoisotopic (exact) mass is 302 g/mol. The largest absolute Gasteiger partial charge is 0.298 e. The number of halogens is 1. The average molecular weight is 302 g/mol. The predicted octanol–water partition coefficient (Wildman–Crippen LogP) is 4.85. The molecule has 2 aromatic rings. The highest BCUT2D eigenvalue weighted by atomic mass is 32.2. The van der Waals surface area contributed by atoms with E-state index in [0.29, 0.717) is 17.2 Å². The van der Waals surface area contributed by atoms with E-state index in [1.807, 2.05) is 12.1 Å². The third kappa shape index (κ3) is 4.71. The topological polar surface area (TPSA) is 17.1 Å². The van der Waals surface area contributed by atoms with Gasteiger partial charge in [0, 0.05) is 11.3 Å². The van der Waals surface area contributed by atoms with Gasteiger partial charge >= 0.3 is 0 Å². The molecular weight excluding hydrogens is 283 g/mol. The molecule has 0 amide bonds. The molecule has 3 heteroatoms. The minimum absolute atomic E-state index is 0.0398. The van der Waals surface area contributed by atoms with Gasteiger partial charge in [0.15, 0.2) is 0 Å². The van der Waals surface area contributed by atoms with Gasteiger partial charge in [0.05, 0.1) is 5.75 Å². The molecule has 0 heterocycles. The Morgan fingerprint density at radius 3 is 2.38 bits per heavy atom. The minimum Gasteiger partial charge on any atom is -0.298 e. The Morgan fingerprint density at radius 2 is 1.76 bits per heavy atom. The lowest BCUT2D eigenvalue weighted by Gasteiger charge is -2.07. The van der Waals surface area contributed by atoms with Gasteiger partial charge in [0.1, 0.15) is 11.6 Å². The van der Waals surface area contributed by atoms with Crippen LogP contribution in [0.2, 0.25) is 0 Å². The van der Waals surface area contributed by atoms with Gasteiger partial charge in [-0.3, -0.25) is 4.79 Å². The van der Waals surface area contributed by atoms with Crippen molar-refractivity contribution < 1.29 is 9.18 Å². The lowest BCUT2D eigenvalue weighted by atomic mass is 10.0. The number of ketones is 1. The van der Waals surface area contributed by atoms with Crippen molar-refractivity contribution in [2.75, 3.05) is 5.75 Å². The molecule has 0 saturated carbocycles. The van der Waals surface area contributed by atoms with Gasteiger partial charge in [-0.15, -0.1) is 11.8 Å². The molecule has 1 nitrogen and oxygen atoms in total. The first-order chi connectivity index (χ1) is 10.1. The minimum atomic E-state index is -0.308. The summed E-state index contributed by atoms with van der Waals surface area (Å²) in [5.74, 6) is 0.608. The second kappa shape index (κ2) is 7.41. The number of hydrogen-bond acceptors (Lipinski definition) is 2. The molecule has 0 spiro atoms. The van der Waals surface area contributed by atoms with Crippen molar-refractivity contribution in [3.05, 3.63) is 65.5 Å². The number of thioether (sulfide) groups is 1. The maximum absolute atomic E-state index is 13.5. The molecule has 21 heavy (non-hydrogen) atoms. The number of benzene rings is 2. The standard InChI is InChI=1S/C18H19FOS/c1-13(2)14-7-9-17(10-8-14)21-12-16(20)11-15-5-3-4-6-18(15)19/h3-10,13H,11-12H2,1-2H3. The Kier molecular flexibility index (Phi) is 5.57. The van der Waals surface area contributed by atoms with Crippen LogP contribution in [0.3, 0.4) is 0 Å². The number of Topliss-reactive ketones (excluding diaryl/α,β-unsaturated/α-hetero) is 1. The van der Waals surface area contributed by atoms with Crippen LogP contribution in [0.4, 0.5) is 4.39 Å². The molecule has 0 N–H and O–H groups in total. The quantitative estimate of drug-likeness (QED) is 0.709. The number of carbonyl (C=O) groups is 1. The van der Waals surface area contributed by atoms with Crippen LogP contribution in [0.5, 0.6) is 0 Å². The molecule has 2 rings (SSSR count). The molecular formula is C18H19FOS. The zero-order valence-corrected chi connectivity index (χ0v) is 13.1. The van der Waals surface area contributed by atoms with Gasteiger partial charge in [-0.2, -0.15) is 0 Å². The highest BCUT2D eigenvalue weighted by molar-refractivity contribution is 8.00. The maximum Gasteiger partial charge on any atom is 0.147 e. The zero-order chi connectivity index (χ0) is 15.2. The molecule has 0 aliphatic heterocycles. The first kappa shape index (κ1) is 15.8. The van der Waals surface area contributed by atoms with Gasteiger partial charge in [-0.25, -0.2) is 4.39 Å². The van der Waals surface area contributed by atoms with Gasteiger partial charge in [0.2, 0.25) is 0 Å². The Labute approximate surface area is 129 Å². The summed E-state index contributed by atoms with van der Waals surface area (Å²) < 4.78 is 13.5. The van der Waals surface area contributed by atoms with Crippen molar-refractivity contribution in [2.45, 2.75) is 31.1 Å². The van der Waals surface area contributed by atoms with E-state index in [9.17, 15) is 9.18 Å². The van der Waals surface area contributed by atoms with Gasteiger partial charge in [-0.1, -0.05) is 44.2 Å². The van der Waals surface area contributed by atoms with E-state index < -0.39 is 0 Å². The molecule has 0 saturated heterocycles. The smallest absolute Gasteiger partial charge is 0.147 e. The van der Waals surface area contributed by atoms with Crippen LogP contribution in [-0.2, 0) is 11.2 Å². The van der Waals surface area contributed by atoms with Crippen LogP contribution < -0.4 is 0 Å². The average Bonchev–Trinajstić information content (AvgIpc) is 2.48. The van der Waals surface area contributed by atoms with E-state index in [0.717, 1.165) is 4.90 Å². The van der Waals surface area contributed by atoms with Crippen molar-refractivity contribution in [1.82, 2.24) is 0 Å². The third-order valence-electron chi connectivity index (χ3n) is 3.29. The molecule has 110 valence electrons. The van der Waals surface area contributed by atoms with Crippen LogP contribution >= 0.6 is 11.8 Å². The zero-order valence-electron chi connectivity index (χ0n) is 12.3. The predicted molar refractivity (Wildman–Crippen MR) is 86.4 cm³/mol. The van der Waals surface area contributed by atoms with E-state index in [1.165, 1.54) is 23.4 Å². The summed E-state index contributed by atoms with van der Waals surface area (Å²) in [5, 5.41) is 0. The number of hydrogen-bond donors (Lipinski definition) is 0. The highest BCUT2D eigenvalue weighted by Gasteiger charge is 2.08. The first-order valence-corrected chi connectivity index (χ1v) is 8.02. The van der Waals surface area contributed by atoms with E-state index in [1.54, 1.807) is 18.2 Å². The van der Waals surface area contributed by atoms with Crippen LogP contribution in [-0.4, -0.2) is 11.5 Å². The Morgan fingerprint density at radius 1 is 1.10 bits per heavy atom. The van der Waals surface area contributed by atoms with Gasteiger partial charge < -0.3 is 0 Å². The van der Waals surface area contributed by atoms with Crippen molar-refractivity contribution in [3.63, 3.8) is 0 Å². The molecule has 0 fully saturated rings. The fraction of sp³-hybridized carbons (Fsp3) is 0.278. The number of rotatable bonds is 6. The van der Waals surface area contributed by atoms with Crippen LogP contribution in [0.1, 0.15) is 30.9 Å². The normalized spacial score (nSPS) is 10.9. The Hall–Kier alpha value is -1.61. The Balaban J connectivity index is 1.88. The summed E-state index contributed by atoms with van der Waals surface area (Å²) in [5.41, 5.74) is 1.76. The number of carbonyl (C=O) groups excluding carboxylic acids is 1. The summed E-state index contributed by atoms with van der Waals surface area (Å²) >= 11 is 1.50. The summed E-state index contributed by atoms with van der Waals surface area (Å²) in [6, 6.07) is 14.7. The summed E-state index contributed by atoms with van der Waals surface area (Å²) in [7, 11) is 0. The molecule has 0 aliphatic rings. The third-order valence-corrected chi connectivity index (χ3v) is 4.36. The summed E-state index contributed by atoms with van der Waals surface area (Å²) in [6.45, 7) is 4.31. The molecule has 0 aromatic heterocycles. The van der Waals surface area contributed by atoms with E-state index >= 15 is 0 Å². The van der Waals surface area contributed by atoms with Gasteiger partial charge in [0.25, 0.3) is 0 Å². The fourth-order valence-electron chi connectivity index (χ4n) is 2.02. The van der Waals surface area contributed by atoms with E-state index in [-0.39, 0.29) is 18.0 Å². The van der Waals surface area contributed by atoms with Crippen molar-refractivity contribution >= 4 is 17.5 Å². The summed E-state index contributed by atoms with van der Waals surface area (Å²) in [4.78, 5) is 13.0. The molecule has 0 bridgehead atoms. The van der Waals surface area contributed by atoms with Gasteiger partial charge in [-0.05, 0) is 35.2 Å². The van der Waals surface area contributed by atoms with Crippen molar-refractivity contribution in [1.29, 1.82) is 0 Å². The molecule has 0 radical (unpaired) electrons. The molecule has 0 aliphatic carbocycles. The SMILES string of the molecule is CC(C)c1ccc(SCC(=O)Cc2ccccc2F)cc1. The van der Waals surface area contributed by atoms with Crippen molar-refractivity contribution in [3.8, 4) is 0 Å². The molecule has 2 aromatic carbocycles. The van der Waals surface area contributed by atoms with E-state index in [4.69, 9.17) is 0 Å². The fourth-order valence-corrected chi connectivity index (χ4v) is 2.78. The van der Waals surface area contributed by atoms with Crippen molar-refractivity contribution in [2.24, 2.45) is 0 Å².